The first-order valence-corrected chi connectivity index (χ1v) is 5.31. The van der Waals surface area contributed by atoms with Crippen LogP contribution in [-0.4, -0.2) is 4.98 Å². The van der Waals surface area contributed by atoms with Crippen LogP contribution < -0.4 is 0 Å². The maximum Gasteiger partial charge on any atom is 0.284 e. The first-order valence-electron chi connectivity index (χ1n) is 5.31. The van der Waals surface area contributed by atoms with E-state index in [2.05, 4.69) is 42.6 Å². The molecule has 1 aromatic heterocycles. The SMILES string of the molecule is CCCCc1ccc(-c2co[c]n2)cc1. The van der Waals surface area contributed by atoms with Crippen LogP contribution in [0.4, 0.5) is 0 Å². The lowest BCUT2D eigenvalue weighted by molar-refractivity contribution is 0.548. The van der Waals surface area contributed by atoms with Crippen molar-refractivity contribution in [3.05, 3.63) is 42.5 Å². The Morgan fingerprint density at radius 1 is 1.27 bits per heavy atom. The van der Waals surface area contributed by atoms with Gasteiger partial charge < -0.3 is 4.42 Å². The molecule has 77 valence electrons. The fraction of sp³-hybridized carbons (Fsp3) is 0.308. The third kappa shape index (κ3) is 2.46. The number of rotatable bonds is 4. The lowest BCUT2D eigenvalue weighted by Crippen LogP contribution is -1.84. The standard InChI is InChI=1S/C13H14NO/c1-2-3-4-11-5-7-12(8-6-11)13-9-15-10-14-13/h5-9H,2-4H2,1H3. The Kier molecular flexibility index (Phi) is 3.18. The van der Waals surface area contributed by atoms with Crippen LogP contribution in [0, 0.1) is 6.39 Å². The van der Waals surface area contributed by atoms with E-state index in [0.717, 1.165) is 17.7 Å². The predicted molar refractivity (Wildman–Crippen MR) is 59.4 cm³/mol. The van der Waals surface area contributed by atoms with Gasteiger partial charge in [0.25, 0.3) is 6.39 Å². The van der Waals surface area contributed by atoms with Gasteiger partial charge >= 0.3 is 0 Å². The number of oxazole rings is 1. The highest BCUT2D eigenvalue weighted by Crippen LogP contribution is 2.17. The van der Waals surface area contributed by atoms with Gasteiger partial charge in [-0.25, -0.2) is 4.98 Å². The Morgan fingerprint density at radius 3 is 2.67 bits per heavy atom. The van der Waals surface area contributed by atoms with Crippen molar-refractivity contribution in [2.24, 2.45) is 0 Å². The van der Waals surface area contributed by atoms with E-state index in [-0.39, 0.29) is 0 Å². The summed E-state index contributed by atoms with van der Waals surface area (Å²) < 4.78 is 4.83. The highest BCUT2D eigenvalue weighted by molar-refractivity contribution is 5.57. The number of aryl methyl sites for hydroxylation is 1. The third-order valence-electron chi connectivity index (χ3n) is 2.46. The van der Waals surface area contributed by atoms with Crippen LogP contribution in [0.15, 0.2) is 34.9 Å². The Balaban J connectivity index is 2.11. The summed E-state index contributed by atoms with van der Waals surface area (Å²) in [7, 11) is 0. The number of hydrogen-bond acceptors (Lipinski definition) is 2. The van der Waals surface area contributed by atoms with E-state index in [1.807, 2.05) is 0 Å². The molecule has 1 radical (unpaired) electrons. The van der Waals surface area contributed by atoms with Gasteiger partial charge in [-0.2, -0.15) is 0 Å². The minimum atomic E-state index is 0.844. The summed E-state index contributed by atoms with van der Waals surface area (Å²) in [5.41, 5.74) is 3.31. The molecule has 2 rings (SSSR count). The van der Waals surface area contributed by atoms with E-state index in [0.29, 0.717) is 0 Å². The van der Waals surface area contributed by atoms with Crippen molar-refractivity contribution < 1.29 is 4.42 Å². The molecule has 0 aliphatic rings. The minimum Gasteiger partial charge on any atom is -0.440 e. The molecule has 1 aromatic carbocycles. The molecule has 15 heavy (non-hydrogen) atoms. The van der Waals surface area contributed by atoms with Crippen LogP contribution in [-0.2, 0) is 6.42 Å². The number of benzene rings is 1. The molecule has 2 heteroatoms. The van der Waals surface area contributed by atoms with Gasteiger partial charge in [0.15, 0.2) is 0 Å². The number of nitrogens with zero attached hydrogens (tertiary/aromatic N) is 1. The van der Waals surface area contributed by atoms with Crippen molar-refractivity contribution in [2.45, 2.75) is 26.2 Å². The van der Waals surface area contributed by atoms with Gasteiger partial charge in [-0.05, 0) is 18.4 Å². The number of unbranched alkanes of at least 4 members (excludes halogenated alkanes) is 1. The molecule has 0 atom stereocenters. The highest BCUT2D eigenvalue weighted by Gasteiger charge is 2.00. The van der Waals surface area contributed by atoms with Crippen molar-refractivity contribution >= 4 is 0 Å². The first kappa shape index (κ1) is 9.97. The summed E-state index contributed by atoms with van der Waals surface area (Å²) in [5.74, 6) is 0. The number of hydrogen-bond donors (Lipinski definition) is 0. The Hall–Kier alpha value is -1.57. The van der Waals surface area contributed by atoms with Crippen LogP contribution in [0.25, 0.3) is 11.3 Å². The lowest BCUT2D eigenvalue weighted by atomic mass is 10.1. The zero-order valence-corrected chi connectivity index (χ0v) is 8.86. The predicted octanol–water partition coefficient (Wildman–Crippen LogP) is 3.48. The maximum atomic E-state index is 4.83. The summed E-state index contributed by atoms with van der Waals surface area (Å²) in [5, 5.41) is 0. The molecular weight excluding hydrogens is 186 g/mol. The molecule has 0 aliphatic carbocycles. The largest absolute Gasteiger partial charge is 0.440 e. The Labute approximate surface area is 90.0 Å². The minimum absolute atomic E-state index is 0.844. The Bertz CT molecular complexity index is 389. The molecule has 0 aliphatic heterocycles. The fourth-order valence-electron chi connectivity index (χ4n) is 1.54. The zero-order chi connectivity index (χ0) is 10.5. The summed E-state index contributed by atoms with van der Waals surface area (Å²) in [4.78, 5) is 3.99. The Morgan fingerprint density at radius 2 is 2.07 bits per heavy atom. The normalized spacial score (nSPS) is 10.5. The van der Waals surface area contributed by atoms with E-state index in [4.69, 9.17) is 4.42 Å². The zero-order valence-electron chi connectivity index (χ0n) is 8.86. The molecule has 0 amide bonds. The van der Waals surface area contributed by atoms with Crippen LogP contribution >= 0.6 is 0 Å². The highest BCUT2D eigenvalue weighted by atomic mass is 16.3. The molecule has 0 spiro atoms. The second-order valence-electron chi connectivity index (χ2n) is 3.62. The van der Waals surface area contributed by atoms with Gasteiger partial charge in [-0.15, -0.1) is 0 Å². The first-order chi connectivity index (χ1) is 7.40. The smallest absolute Gasteiger partial charge is 0.284 e. The second kappa shape index (κ2) is 4.78. The van der Waals surface area contributed by atoms with Gasteiger partial charge in [-0.3, -0.25) is 0 Å². The average molecular weight is 200 g/mol. The van der Waals surface area contributed by atoms with Crippen molar-refractivity contribution in [3.63, 3.8) is 0 Å². The molecule has 0 bridgehead atoms. The van der Waals surface area contributed by atoms with Crippen LogP contribution in [0.2, 0.25) is 0 Å². The third-order valence-corrected chi connectivity index (χ3v) is 2.46. The summed E-state index contributed by atoms with van der Waals surface area (Å²) in [6.07, 6.45) is 7.70. The molecule has 0 N–H and O–H groups in total. The van der Waals surface area contributed by atoms with Crippen molar-refractivity contribution in [3.8, 4) is 11.3 Å². The summed E-state index contributed by atoms with van der Waals surface area (Å²) >= 11 is 0. The molecule has 2 nitrogen and oxygen atoms in total. The van der Waals surface area contributed by atoms with E-state index in [9.17, 15) is 0 Å². The molecule has 0 saturated carbocycles. The van der Waals surface area contributed by atoms with Gasteiger partial charge in [0.2, 0.25) is 0 Å². The van der Waals surface area contributed by atoms with Crippen molar-refractivity contribution in [2.75, 3.05) is 0 Å². The molecule has 2 aromatic rings. The second-order valence-corrected chi connectivity index (χ2v) is 3.62. The number of aromatic nitrogens is 1. The van der Waals surface area contributed by atoms with Gasteiger partial charge in [0.05, 0.1) is 0 Å². The van der Waals surface area contributed by atoms with Crippen molar-refractivity contribution in [1.82, 2.24) is 4.98 Å². The quantitative estimate of drug-likeness (QED) is 0.755. The maximum absolute atomic E-state index is 4.83. The van der Waals surface area contributed by atoms with E-state index in [1.165, 1.54) is 18.4 Å². The lowest BCUT2D eigenvalue weighted by Gasteiger charge is -2.00. The monoisotopic (exact) mass is 200 g/mol. The van der Waals surface area contributed by atoms with Crippen molar-refractivity contribution in [1.29, 1.82) is 0 Å². The molecule has 0 unspecified atom stereocenters. The molecule has 0 saturated heterocycles. The van der Waals surface area contributed by atoms with Crippen LogP contribution in [0.3, 0.4) is 0 Å². The van der Waals surface area contributed by atoms with Gasteiger partial charge in [0, 0.05) is 5.56 Å². The van der Waals surface area contributed by atoms with Crippen LogP contribution in [0.5, 0.6) is 0 Å². The fourth-order valence-corrected chi connectivity index (χ4v) is 1.54. The molecular formula is C13H14NO. The summed E-state index contributed by atoms with van der Waals surface area (Å²) in [6.45, 7) is 2.21. The van der Waals surface area contributed by atoms with E-state index < -0.39 is 0 Å². The van der Waals surface area contributed by atoms with Gasteiger partial charge in [-0.1, -0.05) is 37.6 Å². The van der Waals surface area contributed by atoms with Crippen LogP contribution in [0.1, 0.15) is 25.3 Å². The topological polar surface area (TPSA) is 26.0 Å². The molecule has 0 fully saturated rings. The molecule has 1 heterocycles. The summed E-state index contributed by atoms with van der Waals surface area (Å²) in [6, 6.07) is 8.46. The van der Waals surface area contributed by atoms with Gasteiger partial charge in [0.1, 0.15) is 12.0 Å². The van der Waals surface area contributed by atoms with E-state index in [1.54, 1.807) is 6.26 Å². The van der Waals surface area contributed by atoms with E-state index >= 15 is 0 Å². The average Bonchev–Trinajstić information content (AvgIpc) is 2.80.